The quantitative estimate of drug-likeness (QED) is 0.563. The van der Waals surface area contributed by atoms with E-state index in [1.807, 2.05) is 0 Å². The number of alkyl halides is 3. The van der Waals surface area contributed by atoms with Crippen molar-refractivity contribution in [2.75, 3.05) is 5.75 Å². The highest BCUT2D eigenvalue weighted by Crippen LogP contribution is 2.34. The number of esters is 1. The van der Waals surface area contributed by atoms with E-state index in [0.29, 0.717) is 23.9 Å². The van der Waals surface area contributed by atoms with Crippen LogP contribution in [0.1, 0.15) is 29.8 Å². The molecule has 1 aromatic carbocycles. The highest BCUT2D eigenvalue weighted by molar-refractivity contribution is 8.14. The maximum atomic E-state index is 12.8. The van der Waals surface area contributed by atoms with Gasteiger partial charge in [0, 0.05) is 19.6 Å². The smallest absolute Gasteiger partial charge is 0.416 e. The number of benzene rings is 1. The first kappa shape index (κ1) is 21.5. The predicted molar refractivity (Wildman–Crippen MR) is 84.8 cm³/mol. The maximum absolute atomic E-state index is 12.8. The number of thioether (sulfide) groups is 1. The molecule has 0 saturated carbocycles. The van der Waals surface area contributed by atoms with E-state index in [-0.39, 0.29) is 11.3 Å². The van der Waals surface area contributed by atoms with Crippen molar-refractivity contribution in [2.45, 2.75) is 26.1 Å². The molecule has 0 spiro atoms. The lowest BCUT2D eigenvalue weighted by Gasteiger charge is -2.14. The van der Waals surface area contributed by atoms with Gasteiger partial charge >= 0.3 is 18.1 Å². The largest absolute Gasteiger partial charge is 0.480 e. The van der Waals surface area contributed by atoms with Crippen LogP contribution in [0.25, 0.3) is 0 Å². The number of carboxylic acid groups (broad SMARTS) is 1. The van der Waals surface area contributed by atoms with E-state index >= 15 is 0 Å². The Morgan fingerprint density at radius 3 is 2.31 bits per heavy atom. The van der Waals surface area contributed by atoms with Gasteiger partial charge in [0.25, 0.3) is 0 Å². The molecule has 0 heterocycles. The van der Waals surface area contributed by atoms with Crippen LogP contribution in [0.5, 0.6) is 5.75 Å². The lowest BCUT2D eigenvalue weighted by atomic mass is 10.1. The first-order valence-electron chi connectivity index (χ1n) is 6.98. The molecule has 0 radical (unpaired) electrons. The SMILES string of the molecule is CC(=O)N[C@@H](CSC(=O)c1ccc(C(F)(F)F)cc1OC(C)=O)C(=O)O. The van der Waals surface area contributed by atoms with Crippen LogP contribution in [0.15, 0.2) is 18.2 Å². The Morgan fingerprint density at radius 2 is 1.85 bits per heavy atom. The molecule has 0 fully saturated rings. The molecule has 7 nitrogen and oxygen atoms in total. The number of aliphatic carboxylic acids is 1. The summed E-state index contributed by atoms with van der Waals surface area (Å²) in [6, 6.07) is 0.624. The highest BCUT2D eigenvalue weighted by atomic mass is 32.2. The lowest BCUT2D eigenvalue weighted by Crippen LogP contribution is -2.41. The third kappa shape index (κ3) is 6.39. The molecule has 0 bridgehead atoms. The number of rotatable bonds is 6. The molecule has 1 aromatic rings. The summed E-state index contributed by atoms with van der Waals surface area (Å²) in [7, 11) is 0. The van der Waals surface area contributed by atoms with Crippen molar-refractivity contribution in [3.63, 3.8) is 0 Å². The summed E-state index contributed by atoms with van der Waals surface area (Å²) in [5.41, 5.74) is -1.44. The number of carbonyl (C=O) groups is 4. The molecule has 2 N–H and O–H groups in total. The lowest BCUT2D eigenvalue weighted by molar-refractivity contribution is -0.140. The maximum Gasteiger partial charge on any atom is 0.416 e. The molecular formula is C15H14F3NO6S. The minimum Gasteiger partial charge on any atom is -0.480 e. The number of amides is 1. The first-order chi connectivity index (χ1) is 11.9. The minimum absolute atomic E-state index is 0.329. The molecule has 1 amide bonds. The molecule has 0 aliphatic rings. The zero-order chi connectivity index (χ0) is 20.1. The van der Waals surface area contributed by atoms with E-state index in [0.717, 1.165) is 19.9 Å². The number of carbonyl (C=O) groups excluding carboxylic acids is 3. The monoisotopic (exact) mass is 393 g/mol. The van der Waals surface area contributed by atoms with Gasteiger partial charge in [0.15, 0.2) is 0 Å². The standard InChI is InChI=1S/C15H14F3NO6S/c1-7(20)19-11(13(22)23)6-26-14(24)10-4-3-9(15(16,17)18)5-12(10)25-8(2)21/h3-5,11H,6H2,1-2H3,(H,19,20)(H,22,23)/t11-/m0/s1. The van der Waals surface area contributed by atoms with E-state index in [1.165, 1.54) is 0 Å². The van der Waals surface area contributed by atoms with Gasteiger partial charge in [0.05, 0.1) is 11.1 Å². The second-order valence-corrected chi connectivity index (χ2v) is 5.98. The summed E-state index contributed by atoms with van der Waals surface area (Å²) in [5.74, 6) is -3.89. The fourth-order valence-electron chi connectivity index (χ4n) is 1.76. The first-order valence-corrected chi connectivity index (χ1v) is 7.97. The van der Waals surface area contributed by atoms with Gasteiger partial charge < -0.3 is 15.2 Å². The van der Waals surface area contributed by atoms with E-state index in [2.05, 4.69) is 10.1 Å². The van der Waals surface area contributed by atoms with Crippen LogP contribution in [0.3, 0.4) is 0 Å². The van der Waals surface area contributed by atoms with Crippen LogP contribution in [-0.2, 0) is 20.6 Å². The zero-order valence-corrected chi connectivity index (χ0v) is 14.4. The summed E-state index contributed by atoms with van der Waals surface area (Å²) >= 11 is 0.456. The fourth-order valence-corrected chi connectivity index (χ4v) is 2.63. The molecule has 0 aromatic heterocycles. The van der Waals surface area contributed by atoms with Crippen LogP contribution in [0, 0.1) is 0 Å². The second-order valence-electron chi connectivity index (χ2n) is 4.99. The van der Waals surface area contributed by atoms with Gasteiger partial charge in [0.2, 0.25) is 11.0 Å². The van der Waals surface area contributed by atoms with Crippen molar-refractivity contribution in [3.8, 4) is 5.75 Å². The summed E-state index contributed by atoms with van der Waals surface area (Å²) < 4.78 is 43.0. The van der Waals surface area contributed by atoms with Crippen LogP contribution in [0.2, 0.25) is 0 Å². The Kier molecular flexibility index (Phi) is 7.19. The van der Waals surface area contributed by atoms with Crippen molar-refractivity contribution in [3.05, 3.63) is 29.3 Å². The average Bonchev–Trinajstić information content (AvgIpc) is 2.48. The Hall–Kier alpha value is -2.56. The molecule has 142 valence electrons. The summed E-state index contributed by atoms with van der Waals surface area (Å²) in [6.45, 7) is 2.05. The second kappa shape index (κ2) is 8.70. The normalized spacial score (nSPS) is 12.2. The number of carboxylic acids is 1. The van der Waals surface area contributed by atoms with Gasteiger partial charge in [0.1, 0.15) is 11.8 Å². The van der Waals surface area contributed by atoms with Crippen molar-refractivity contribution in [2.24, 2.45) is 0 Å². The van der Waals surface area contributed by atoms with Crippen molar-refractivity contribution >= 4 is 34.7 Å². The summed E-state index contributed by atoms with van der Waals surface area (Å²) in [4.78, 5) is 45.2. The van der Waals surface area contributed by atoms with E-state index in [4.69, 9.17) is 5.11 Å². The Labute approximate surface area is 149 Å². The van der Waals surface area contributed by atoms with Crippen LogP contribution >= 0.6 is 11.8 Å². The van der Waals surface area contributed by atoms with E-state index in [9.17, 15) is 32.3 Å². The van der Waals surface area contributed by atoms with Gasteiger partial charge in [-0.2, -0.15) is 13.2 Å². The topological polar surface area (TPSA) is 110 Å². The highest BCUT2D eigenvalue weighted by Gasteiger charge is 2.32. The van der Waals surface area contributed by atoms with Crippen molar-refractivity contribution in [1.29, 1.82) is 0 Å². The molecule has 1 rings (SSSR count). The molecule has 0 unspecified atom stereocenters. The molecule has 0 aliphatic carbocycles. The number of halogens is 3. The Bertz CT molecular complexity index is 735. The zero-order valence-electron chi connectivity index (χ0n) is 13.5. The van der Waals surface area contributed by atoms with E-state index < -0.39 is 46.5 Å². The van der Waals surface area contributed by atoms with Crippen molar-refractivity contribution in [1.82, 2.24) is 5.32 Å². The minimum atomic E-state index is -4.70. The number of hydrogen-bond donors (Lipinski definition) is 2. The molecule has 0 aliphatic heterocycles. The van der Waals surface area contributed by atoms with Gasteiger partial charge in [-0.25, -0.2) is 4.79 Å². The summed E-state index contributed by atoms with van der Waals surface area (Å²) in [5, 5.41) is 10.3. The third-order valence-corrected chi connectivity index (χ3v) is 3.82. The predicted octanol–water partition coefficient (Wildman–Crippen LogP) is 2.09. The average molecular weight is 393 g/mol. The van der Waals surface area contributed by atoms with Gasteiger partial charge in [-0.05, 0) is 18.2 Å². The number of hydrogen-bond acceptors (Lipinski definition) is 6. The van der Waals surface area contributed by atoms with Crippen LogP contribution < -0.4 is 10.1 Å². The van der Waals surface area contributed by atoms with E-state index in [1.54, 1.807) is 0 Å². The third-order valence-electron chi connectivity index (χ3n) is 2.84. The molecular weight excluding hydrogens is 379 g/mol. The summed E-state index contributed by atoms with van der Waals surface area (Å²) in [6.07, 6.45) is -4.70. The van der Waals surface area contributed by atoms with Crippen LogP contribution in [0.4, 0.5) is 13.2 Å². The van der Waals surface area contributed by atoms with Gasteiger partial charge in [-0.1, -0.05) is 11.8 Å². The molecule has 1 atom stereocenters. The Balaban J connectivity index is 3.04. The van der Waals surface area contributed by atoms with Crippen LogP contribution in [-0.4, -0.2) is 39.9 Å². The fraction of sp³-hybridized carbons (Fsp3) is 0.333. The molecule has 0 saturated heterocycles. The van der Waals surface area contributed by atoms with Crippen molar-refractivity contribution < 1.29 is 42.2 Å². The van der Waals surface area contributed by atoms with Gasteiger partial charge in [-0.3, -0.25) is 14.4 Å². The molecule has 26 heavy (non-hydrogen) atoms. The number of nitrogens with one attached hydrogen (secondary N) is 1. The molecule has 11 heteroatoms. The number of ether oxygens (including phenoxy) is 1. The Morgan fingerprint density at radius 1 is 1.23 bits per heavy atom. The van der Waals surface area contributed by atoms with Gasteiger partial charge in [-0.15, -0.1) is 0 Å².